The van der Waals surface area contributed by atoms with Gasteiger partial charge in [-0.3, -0.25) is 9.59 Å². The fourth-order valence-electron chi connectivity index (χ4n) is 2.05. The Bertz CT molecular complexity index is 719. The van der Waals surface area contributed by atoms with E-state index in [4.69, 9.17) is 9.84 Å². The summed E-state index contributed by atoms with van der Waals surface area (Å²) in [6.45, 7) is 0.0316. The van der Waals surface area contributed by atoms with Crippen molar-refractivity contribution in [2.45, 2.75) is 13.2 Å². The third-order valence-electron chi connectivity index (χ3n) is 3.32. The number of carbonyl (C=O) groups is 2. The highest BCUT2D eigenvalue weighted by molar-refractivity contribution is 7.27. The van der Waals surface area contributed by atoms with Crippen LogP contribution in [0.2, 0.25) is 0 Å². The Labute approximate surface area is 148 Å². The van der Waals surface area contributed by atoms with E-state index in [2.05, 4.69) is 19.9 Å². The van der Waals surface area contributed by atoms with E-state index in [0.29, 0.717) is 5.69 Å². The lowest BCUT2D eigenvalue weighted by molar-refractivity contribution is -0.128. The first-order valence-corrected chi connectivity index (χ1v) is 8.33. The predicted molar refractivity (Wildman–Crippen MR) is 99.4 cm³/mol. The van der Waals surface area contributed by atoms with Crippen molar-refractivity contribution in [3.05, 3.63) is 59.7 Å². The number of carbonyl (C=O) groups excluding carboxylic acids is 2. The Morgan fingerprint density at radius 2 is 1.76 bits per heavy atom. The largest absolute Gasteiger partial charge is 0.392 e. The van der Waals surface area contributed by atoms with Crippen LogP contribution in [0, 0.1) is 0 Å². The second kappa shape index (κ2) is 9.89. The van der Waals surface area contributed by atoms with Crippen LogP contribution in [0.3, 0.4) is 0 Å². The molecule has 25 heavy (non-hydrogen) atoms. The van der Waals surface area contributed by atoms with Gasteiger partial charge in [-0.15, -0.1) is 9.24 Å². The topological polar surface area (TPSA) is 87.7 Å². The van der Waals surface area contributed by atoms with Gasteiger partial charge in [0, 0.05) is 5.69 Å². The summed E-state index contributed by atoms with van der Waals surface area (Å²) in [5.41, 5.74) is 2.40. The molecular formula is C18H21N2O4P. The van der Waals surface area contributed by atoms with E-state index in [-0.39, 0.29) is 38.2 Å². The summed E-state index contributed by atoms with van der Waals surface area (Å²) < 4.78 is 5.31. The van der Waals surface area contributed by atoms with Gasteiger partial charge >= 0.3 is 0 Å². The highest BCUT2D eigenvalue weighted by Crippen LogP contribution is 2.06. The van der Waals surface area contributed by atoms with Gasteiger partial charge in [-0.25, -0.2) is 0 Å². The van der Waals surface area contributed by atoms with E-state index < -0.39 is 0 Å². The fourth-order valence-corrected chi connectivity index (χ4v) is 2.34. The van der Waals surface area contributed by atoms with Crippen LogP contribution in [0.4, 0.5) is 5.69 Å². The van der Waals surface area contributed by atoms with Gasteiger partial charge in [0.15, 0.2) is 0 Å². The van der Waals surface area contributed by atoms with Crippen LogP contribution in [-0.2, 0) is 27.5 Å². The molecule has 3 N–H and O–H groups in total. The molecule has 0 aliphatic rings. The maximum Gasteiger partial charge on any atom is 0.246 e. The number of benzene rings is 2. The summed E-state index contributed by atoms with van der Waals surface area (Å²) in [7, 11) is 2.55. The normalized spacial score (nSPS) is 10.3. The molecule has 2 aromatic rings. The minimum absolute atomic E-state index is 0.00695. The van der Waals surface area contributed by atoms with Gasteiger partial charge in [0.25, 0.3) is 0 Å². The van der Waals surface area contributed by atoms with Crippen LogP contribution in [0.15, 0.2) is 48.5 Å². The zero-order chi connectivity index (χ0) is 18.1. The van der Waals surface area contributed by atoms with E-state index in [1.165, 1.54) is 0 Å². The molecule has 0 bridgehead atoms. The van der Waals surface area contributed by atoms with Gasteiger partial charge in [-0.1, -0.05) is 36.4 Å². The summed E-state index contributed by atoms with van der Waals surface area (Å²) in [5.74, 6) is -0.662. The average Bonchev–Trinajstić information content (AvgIpc) is 2.60. The van der Waals surface area contributed by atoms with Crippen molar-refractivity contribution in [1.82, 2.24) is 5.32 Å². The van der Waals surface area contributed by atoms with Gasteiger partial charge in [-0.2, -0.15) is 0 Å². The summed E-state index contributed by atoms with van der Waals surface area (Å²) in [6.07, 6.45) is 0. The van der Waals surface area contributed by atoms with Crippen LogP contribution < -0.4 is 15.9 Å². The lowest BCUT2D eigenvalue weighted by atomic mass is 10.1. The van der Waals surface area contributed by atoms with E-state index >= 15 is 0 Å². The minimum atomic E-state index is -0.359. The molecule has 1 atom stereocenters. The number of rotatable bonds is 8. The monoisotopic (exact) mass is 360 g/mol. The van der Waals surface area contributed by atoms with Crippen LogP contribution in [0.25, 0.3) is 0 Å². The zero-order valence-electron chi connectivity index (χ0n) is 13.7. The first-order chi connectivity index (χ1) is 12.1. The highest BCUT2D eigenvalue weighted by atomic mass is 31.0. The van der Waals surface area contributed by atoms with Crippen molar-refractivity contribution in [3.8, 4) is 0 Å². The summed E-state index contributed by atoms with van der Waals surface area (Å²) in [4.78, 5) is 23.5. The molecule has 0 saturated heterocycles. The van der Waals surface area contributed by atoms with E-state index in [1.54, 1.807) is 18.2 Å². The number of ether oxygens (including phenoxy) is 1. The van der Waals surface area contributed by atoms with Crippen molar-refractivity contribution in [2.24, 2.45) is 0 Å². The Kier molecular flexibility index (Phi) is 7.54. The van der Waals surface area contributed by atoms with Gasteiger partial charge < -0.3 is 20.5 Å². The molecule has 2 amide bonds. The molecule has 0 aromatic heterocycles. The molecule has 0 saturated carbocycles. The Morgan fingerprint density at radius 3 is 2.44 bits per heavy atom. The molecule has 6 nitrogen and oxygen atoms in total. The first kappa shape index (κ1) is 19.1. The summed E-state index contributed by atoms with van der Waals surface area (Å²) in [5, 5.41) is 15.1. The number of nitrogens with one attached hydrogen (secondary N) is 2. The second-order valence-electron chi connectivity index (χ2n) is 5.42. The van der Waals surface area contributed by atoms with Crippen LogP contribution >= 0.6 is 9.24 Å². The molecule has 0 aliphatic heterocycles. The fraction of sp³-hybridized carbons (Fsp3) is 0.222. The highest BCUT2D eigenvalue weighted by Gasteiger charge is 2.06. The summed E-state index contributed by atoms with van der Waals surface area (Å²) in [6, 6.07) is 14.6. The number of anilines is 1. The molecule has 0 spiro atoms. The number of hydrogen-bond acceptors (Lipinski definition) is 4. The lowest BCUT2D eigenvalue weighted by Gasteiger charge is -2.08. The molecule has 2 rings (SSSR count). The molecule has 132 valence electrons. The second-order valence-corrected chi connectivity index (χ2v) is 6.08. The van der Waals surface area contributed by atoms with Crippen molar-refractivity contribution in [3.63, 3.8) is 0 Å². The number of aliphatic hydroxyl groups excluding tert-OH is 1. The Morgan fingerprint density at radius 1 is 1.04 bits per heavy atom. The van der Waals surface area contributed by atoms with Crippen LogP contribution in [0.1, 0.15) is 11.1 Å². The Hall–Kier alpha value is -2.27. The predicted octanol–water partition coefficient (Wildman–Crippen LogP) is 0.951. The number of hydrogen-bond donors (Lipinski definition) is 3. The standard InChI is InChI=1S/C18H21N2O4P/c21-10-13-4-6-14(7-5-13)11-24-12-18(23)19-9-17(22)20-15-2-1-3-16(25)8-15/h1-8,21H,9-12,25H2,(H,19,23)(H,20,22). The molecule has 0 heterocycles. The SMILES string of the molecule is O=C(COCc1ccc(CO)cc1)NCC(=O)Nc1cccc(P)c1. The van der Waals surface area contributed by atoms with Gasteiger partial charge in [-0.05, 0) is 28.6 Å². The van der Waals surface area contributed by atoms with Gasteiger partial charge in [0.1, 0.15) is 6.61 Å². The van der Waals surface area contributed by atoms with Crippen molar-refractivity contribution >= 4 is 32.0 Å². The maximum atomic E-state index is 11.8. The molecule has 2 aromatic carbocycles. The minimum Gasteiger partial charge on any atom is -0.392 e. The maximum absolute atomic E-state index is 11.8. The average molecular weight is 360 g/mol. The molecule has 0 radical (unpaired) electrons. The van der Waals surface area contributed by atoms with Gasteiger partial charge in [0.2, 0.25) is 11.8 Å². The van der Waals surface area contributed by atoms with E-state index in [1.807, 2.05) is 30.3 Å². The third-order valence-corrected chi connectivity index (χ3v) is 3.68. The van der Waals surface area contributed by atoms with Crippen LogP contribution in [-0.4, -0.2) is 30.1 Å². The third kappa shape index (κ3) is 7.01. The molecule has 0 aliphatic carbocycles. The Balaban J connectivity index is 1.65. The van der Waals surface area contributed by atoms with Crippen molar-refractivity contribution < 1.29 is 19.4 Å². The quantitative estimate of drug-likeness (QED) is 0.612. The smallest absolute Gasteiger partial charge is 0.246 e. The van der Waals surface area contributed by atoms with E-state index in [0.717, 1.165) is 16.4 Å². The van der Waals surface area contributed by atoms with Crippen molar-refractivity contribution in [1.29, 1.82) is 0 Å². The van der Waals surface area contributed by atoms with Crippen molar-refractivity contribution in [2.75, 3.05) is 18.5 Å². The van der Waals surface area contributed by atoms with Gasteiger partial charge in [0.05, 0.1) is 19.8 Å². The molecule has 7 heteroatoms. The molecule has 1 unspecified atom stereocenters. The zero-order valence-corrected chi connectivity index (χ0v) is 14.9. The molecule has 0 fully saturated rings. The van der Waals surface area contributed by atoms with E-state index in [9.17, 15) is 9.59 Å². The summed E-state index contributed by atoms with van der Waals surface area (Å²) >= 11 is 0. The number of aliphatic hydroxyl groups is 1. The lowest BCUT2D eigenvalue weighted by Crippen LogP contribution is -2.35. The number of amides is 2. The first-order valence-electron chi connectivity index (χ1n) is 7.75. The van der Waals surface area contributed by atoms with Crippen LogP contribution in [0.5, 0.6) is 0 Å². The molecular weight excluding hydrogens is 339 g/mol.